The van der Waals surface area contributed by atoms with E-state index in [4.69, 9.17) is 14.2 Å². The van der Waals surface area contributed by atoms with Gasteiger partial charge in [0.25, 0.3) is 0 Å². The van der Waals surface area contributed by atoms with Crippen LogP contribution in [0.5, 0.6) is 0 Å². The van der Waals surface area contributed by atoms with Gasteiger partial charge in [0, 0.05) is 14.0 Å². The number of rotatable bonds is 9. The lowest BCUT2D eigenvalue weighted by molar-refractivity contribution is -0.142. The molecule has 92 valence electrons. The molecule has 5 heteroatoms. The van der Waals surface area contributed by atoms with Crippen molar-refractivity contribution in [3.63, 3.8) is 0 Å². The molecule has 0 atom stereocenters. The molecule has 0 saturated carbocycles. The second-order valence-corrected chi connectivity index (χ2v) is 2.56. The maximum atomic E-state index is 10.3. The number of ether oxygens (including phenoxy) is 4. The van der Waals surface area contributed by atoms with E-state index in [0.717, 1.165) is 0 Å². The van der Waals surface area contributed by atoms with Crippen LogP contribution >= 0.6 is 0 Å². The Morgan fingerprint density at radius 3 is 1.87 bits per heavy atom. The molecule has 0 aromatic carbocycles. The zero-order chi connectivity index (χ0) is 10.6. The minimum Gasteiger partial charge on any atom is -0.463 e. The summed E-state index contributed by atoms with van der Waals surface area (Å²) in [6.07, 6.45) is 0. The molecule has 0 bridgehead atoms. The molecular weight excluding hydrogens is 200 g/mol. The van der Waals surface area contributed by atoms with Gasteiger partial charge in [0.2, 0.25) is 0 Å². The minimum absolute atomic E-state index is 0. The van der Waals surface area contributed by atoms with Crippen LogP contribution in [0.25, 0.3) is 0 Å². The molecule has 0 aliphatic rings. The summed E-state index contributed by atoms with van der Waals surface area (Å²) in [4.78, 5) is 10.3. The highest BCUT2D eigenvalue weighted by Crippen LogP contribution is 1.81. The number of carbonyl (C=O) groups is 1. The van der Waals surface area contributed by atoms with E-state index in [9.17, 15) is 4.79 Å². The molecule has 0 radical (unpaired) electrons. The Morgan fingerprint density at radius 2 is 1.40 bits per heavy atom. The van der Waals surface area contributed by atoms with Crippen LogP contribution in [0.15, 0.2) is 0 Å². The lowest BCUT2D eigenvalue weighted by atomic mass is 10.7. The number of hydrogen-bond acceptors (Lipinski definition) is 5. The zero-order valence-electron chi connectivity index (χ0n) is 8.78. The molecular formula is C10H22O5. The predicted molar refractivity (Wildman–Crippen MR) is 56.9 cm³/mol. The second kappa shape index (κ2) is 13.4. The normalized spacial score (nSPS) is 9.47. The van der Waals surface area contributed by atoms with Crippen molar-refractivity contribution in [1.82, 2.24) is 0 Å². The Labute approximate surface area is 91.6 Å². The highest BCUT2D eigenvalue weighted by molar-refractivity contribution is 5.65. The number of carbonyl (C=O) groups excluding carboxylic acids is 1. The molecule has 0 heterocycles. The first kappa shape index (κ1) is 16.8. The van der Waals surface area contributed by atoms with Crippen molar-refractivity contribution in [2.24, 2.45) is 0 Å². The predicted octanol–water partition coefficient (Wildman–Crippen LogP) is 0.865. The minimum atomic E-state index is -0.287. The van der Waals surface area contributed by atoms with Crippen molar-refractivity contribution < 1.29 is 23.7 Å². The molecule has 5 nitrogen and oxygen atoms in total. The van der Waals surface area contributed by atoms with E-state index in [0.29, 0.717) is 39.6 Å². The van der Waals surface area contributed by atoms with Crippen LogP contribution in [0.4, 0.5) is 0 Å². The molecule has 0 fully saturated rings. The van der Waals surface area contributed by atoms with Crippen molar-refractivity contribution in [1.29, 1.82) is 0 Å². The molecule has 0 aromatic rings. The van der Waals surface area contributed by atoms with Crippen LogP contribution in [0, 0.1) is 0 Å². The van der Waals surface area contributed by atoms with Gasteiger partial charge in [-0.25, -0.2) is 0 Å². The lowest BCUT2D eigenvalue weighted by Gasteiger charge is -2.05. The zero-order valence-corrected chi connectivity index (χ0v) is 8.78. The van der Waals surface area contributed by atoms with Gasteiger partial charge in [-0.1, -0.05) is 7.43 Å². The molecule has 0 amide bonds. The van der Waals surface area contributed by atoms with E-state index in [1.807, 2.05) is 0 Å². The lowest BCUT2D eigenvalue weighted by Crippen LogP contribution is -2.12. The third-order valence-electron chi connectivity index (χ3n) is 1.34. The van der Waals surface area contributed by atoms with Crippen LogP contribution in [0.2, 0.25) is 0 Å². The van der Waals surface area contributed by atoms with Crippen LogP contribution in [0.3, 0.4) is 0 Å². The summed E-state index contributed by atoms with van der Waals surface area (Å²) in [5, 5.41) is 0. The average molecular weight is 222 g/mol. The van der Waals surface area contributed by atoms with Crippen LogP contribution < -0.4 is 0 Å². The summed E-state index contributed by atoms with van der Waals surface area (Å²) < 4.78 is 19.7. The Balaban J connectivity index is 0. The Morgan fingerprint density at radius 1 is 0.933 bits per heavy atom. The van der Waals surface area contributed by atoms with E-state index in [2.05, 4.69) is 4.74 Å². The second-order valence-electron chi connectivity index (χ2n) is 2.56. The number of esters is 1. The van der Waals surface area contributed by atoms with Crippen molar-refractivity contribution in [2.45, 2.75) is 14.4 Å². The van der Waals surface area contributed by atoms with E-state index in [1.54, 1.807) is 7.11 Å². The van der Waals surface area contributed by atoms with Crippen LogP contribution in [0.1, 0.15) is 14.4 Å². The Hall–Kier alpha value is -0.650. The van der Waals surface area contributed by atoms with Gasteiger partial charge in [-0.15, -0.1) is 0 Å². The summed E-state index contributed by atoms with van der Waals surface area (Å²) in [5.74, 6) is -0.287. The molecule has 15 heavy (non-hydrogen) atoms. The van der Waals surface area contributed by atoms with Crippen molar-refractivity contribution in [2.75, 3.05) is 46.8 Å². The van der Waals surface area contributed by atoms with E-state index in [-0.39, 0.29) is 13.4 Å². The van der Waals surface area contributed by atoms with E-state index >= 15 is 0 Å². The van der Waals surface area contributed by atoms with Crippen molar-refractivity contribution in [3.05, 3.63) is 0 Å². The first-order valence-corrected chi connectivity index (χ1v) is 4.55. The van der Waals surface area contributed by atoms with Gasteiger partial charge in [0.05, 0.1) is 33.0 Å². The standard InChI is InChI=1S/C9H18O5.CH4/c1-9(10)14-8-7-13-6-5-12-4-3-11-2;/h3-8H2,1-2H3;1H4. The number of methoxy groups -OCH3 is 1. The summed E-state index contributed by atoms with van der Waals surface area (Å²) >= 11 is 0. The molecule has 0 N–H and O–H groups in total. The average Bonchev–Trinajstić information content (AvgIpc) is 2.15. The fourth-order valence-electron chi connectivity index (χ4n) is 0.709. The summed E-state index contributed by atoms with van der Waals surface area (Å²) in [6.45, 7) is 4.28. The molecule has 0 saturated heterocycles. The third-order valence-corrected chi connectivity index (χ3v) is 1.34. The van der Waals surface area contributed by atoms with Gasteiger partial charge in [0.1, 0.15) is 6.61 Å². The molecule has 0 aliphatic carbocycles. The molecule has 0 rings (SSSR count). The van der Waals surface area contributed by atoms with E-state index < -0.39 is 0 Å². The highest BCUT2D eigenvalue weighted by atomic mass is 16.6. The van der Waals surface area contributed by atoms with Gasteiger partial charge in [-0.2, -0.15) is 0 Å². The van der Waals surface area contributed by atoms with Gasteiger partial charge in [0.15, 0.2) is 0 Å². The van der Waals surface area contributed by atoms with Gasteiger partial charge >= 0.3 is 5.97 Å². The maximum Gasteiger partial charge on any atom is 0.302 e. The fraction of sp³-hybridized carbons (Fsp3) is 0.900. The molecule has 0 spiro atoms. The highest BCUT2D eigenvalue weighted by Gasteiger charge is 1.93. The van der Waals surface area contributed by atoms with Crippen molar-refractivity contribution >= 4 is 5.97 Å². The van der Waals surface area contributed by atoms with E-state index in [1.165, 1.54) is 6.92 Å². The fourth-order valence-corrected chi connectivity index (χ4v) is 0.709. The van der Waals surface area contributed by atoms with Crippen LogP contribution in [-0.2, 0) is 23.7 Å². The topological polar surface area (TPSA) is 54.0 Å². The summed E-state index contributed by atoms with van der Waals surface area (Å²) in [5.41, 5.74) is 0. The first-order chi connectivity index (χ1) is 6.77. The molecule has 0 unspecified atom stereocenters. The Bertz CT molecular complexity index is 138. The monoisotopic (exact) mass is 222 g/mol. The molecule has 0 aromatic heterocycles. The van der Waals surface area contributed by atoms with Crippen molar-refractivity contribution in [3.8, 4) is 0 Å². The van der Waals surface area contributed by atoms with Gasteiger partial charge < -0.3 is 18.9 Å². The smallest absolute Gasteiger partial charge is 0.302 e. The third kappa shape index (κ3) is 16.1. The number of hydrogen-bond donors (Lipinski definition) is 0. The largest absolute Gasteiger partial charge is 0.463 e. The first-order valence-electron chi connectivity index (χ1n) is 4.55. The summed E-state index contributed by atoms with van der Waals surface area (Å²) in [7, 11) is 1.62. The quantitative estimate of drug-likeness (QED) is 0.428. The Kier molecular flexibility index (Phi) is 14.9. The summed E-state index contributed by atoms with van der Waals surface area (Å²) in [6, 6.07) is 0. The molecule has 0 aliphatic heterocycles. The van der Waals surface area contributed by atoms with Gasteiger partial charge in [-0.3, -0.25) is 4.79 Å². The van der Waals surface area contributed by atoms with Gasteiger partial charge in [-0.05, 0) is 0 Å². The SMILES string of the molecule is C.COCCOCCOCCOC(C)=O. The van der Waals surface area contributed by atoms with Crippen LogP contribution in [-0.4, -0.2) is 52.7 Å². The maximum absolute atomic E-state index is 10.3.